The molecule has 2 aromatic rings. The Labute approximate surface area is 166 Å². The summed E-state index contributed by atoms with van der Waals surface area (Å²) in [5.74, 6) is 2.78. The molecule has 0 aromatic heterocycles. The minimum atomic E-state index is 0.0212. The molecule has 0 saturated carbocycles. The molecule has 0 aliphatic carbocycles. The predicted molar refractivity (Wildman–Crippen MR) is 109 cm³/mol. The number of methoxy groups -OCH3 is 4. The van der Waals surface area contributed by atoms with Crippen LogP contribution in [-0.4, -0.2) is 40.9 Å². The molecule has 0 aliphatic rings. The largest absolute Gasteiger partial charge is 0.493 e. The Morgan fingerprint density at radius 3 is 2.07 bits per heavy atom. The summed E-state index contributed by atoms with van der Waals surface area (Å²) in [5, 5.41) is 2.98. The summed E-state index contributed by atoms with van der Waals surface area (Å²) >= 11 is 0. The zero-order valence-corrected chi connectivity index (χ0v) is 17.3. The number of hydrogen-bond donors (Lipinski definition) is 1. The van der Waals surface area contributed by atoms with Crippen LogP contribution in [0.15, 0.2) is 30.3 Å². The highest BCUT2D eigenvalue weighted by atomic mass is 16.5. The quantitative estimate of drug-likeness (QED) is 0.677. The number of carbonyl (C=O) groups excluding carboxylic acids is 1. The van der Waals surface area contributed by atoms with Gasteiger partial charge in [-0.2, -0.15) is 0 Å². The number of carbonyl (C=O) groups is 1. The summed E-state index contributed by atoms with van der Waals surface area (Å²) in [7, 11) is 6.44. The molecular weight excluding hydrogens is 358 g/mol. The van der Waals surface area contributed by atoms with Crippen molar-refractivity contribution in [1.29, 1.82) is 0 Å². The lowest BCUT2D eigenvalue weighted by atomic mass is 10.0. The lowest BCUT2D eigenvalue weighted by Gasteiger charge is -2.13. The zero-order valence-electron chi connectivity index (χ0n) is 17.3. The average molecular weight is 387 g/mol. The fourth-order valence-corrected chi connectivity index (χ4v) is 3.01. The molecule has 0 bridgehead atoms. The molecule has 152 valence electrons. The first-order chi connectivity index (χ1) is 13.5. The molecule has 2 aromatic carbocycles. The van der Waals surface area contributed by atoms with E-state index in [0.717, 1.165) is 23.1 Å². The van der Waals surface area contributed by atoms with E-state index in [0.29, 0.717) is 42.4 Å². The van der Waals surface area contributed by atoms with Gasteiger partial charge in [-0.05, 0) is 60.7 Å². The molecule has 6 nitrogen and oxygen atoms in total. The fraction of sp³-hybridized carbons (Fsp3) is 0.409. The second kappa shape index (κ2) is 10.4. The van der Waals surface area contributed by atoms with Crippen molar-refractivity contribution in [2.45, 2.75) is 26.2 Å². The lowest BCUT2D eigenvalue weighted by Crippen LogP contribution is -2.26. The summed E-state index contributed by atoms with van der Waals surface area (Å²) in [5.41, 5.74) is 3.26. The zero-order chi connectivity index (χ0) is 20.5. The van der Waals surface area contributed by atoms with E-state index < -0.39 is 0 Å². The maximum atomic E-state index is 12.2. The fourth-order valence-electron chi connectivity index (χ4n) is 3.01. The van der Waals surface area contributed by atoms with E-state index in [4.69, 9.17) is 18.9 Å². The second-order valence-electron chi connectivity index (χ2n) is 6.42. The molecule has 0 fully saturated rings. The minimum absolute atomic E-state index is 0.0212. The van der Waals surface area contributed by atoms with Crippen LogP contribution in [0.25, 0.3) is 0 Å². The Kier molecular flexibility index (Phi) is 7.99. The topological polar surface area (TPSA) is 66.0 Å². The van der Waals surface area contributed by atoms with Gasteiger partial charge in [-0.25, -0.2) is 0 Å². The summed E-state index contributed by atoms with van der Waals surface area (Å²) in [6, 6.07) is 9.61. The van der Waals surface area contributed by atoms with Crippen molar-refractivity contribution in [3.8, 4) is 23.0 Å². The van der Waals surface area contributed by atoms with Gasteiger partial charge in [0.05, 0.1) is 28.4 Å². The molecule has 6 heteroatoms. The average Bonchev–Trinajstić information content (AvgIpc) is 2.72. The smallest absolute Gasteiger partial charge is 0.220 e. The first kappa shape index (κ1) is 21.4. The molecule has 0 aliphatic heterocycles. The van der Waals surface area contributed by atoms with Crippen molar-refractivity contribution in [2.24, 2.45) is 0 Å². The van der Waals surface area contributed by atoms with Crippen molar-refractivity contribution in [1.82, 2.24) is 5.32 Å². The highest BCUT2D eigenvalue weighted by Crippen LogP contribution is 2.30. The number of aryl methyl sites for hydroxylation is 2. The molecule has 28 heavy (non-hydrogen) atoms. The van der Waals surface area contributed by atoms with Crippen molar-refractivity contribution in [3.63, 3.8) is 0 Å². The molecule has 0 atom stereocenters. The third kappa shape index (κ3) is 5.55. The molecule has 0 heterocycles. The summed E-state index contributed by atoms with van der Waals surface area (Å²) in [4.78, 5) is 12.2. The van der Waals surface area contributed by atoms with Crippen LogP contribution in [0.2, 0.25) is 0 Å². The SMILES string of the molecule is COc1ccc(CCC(=O)NCCc2cc(OC)c(OC)cc2C)cc1OC. The van der Waals surface area contributed by atoms with Crippen LogP contribution in [0.3, 0.4) is 0 Å². The van der Waals surface area contributed by atoms with Gasteiger partial charge in [-0.1, -0.05) is 6.07 Å². The van der Waals surface area contributed by atoms with Crippen molar-refractivity contribution in [3.05, 3.63) is 47.0 Å². The van der Waals surface area contributed by atoms with Crippen LogP contribution >= 0.6 is 0 Å². The Bertz CT molecular complexity index is 804. The first-order valence-electron chi connectivity index (χ1n) is 9.21. The van der Waals surface area contributed by atoms with E-state index in [1.807, 2.05) is 37.3 Å². The van der Waals surface area contributed by atoms with E-state index in [2.05, 4.69) is 5.32 Å². The van der Waals surface area contributed by atoms with Gasteiger partial charge < -0.3 is 24.3 Å². The van der Waals surface area contributed by atoms with E-state index in [-0.39, 0.29) is 5.91 Å². The third-order valence-electron chi connectivity index (χ3n) is 4.65. The van der Waals surface area contributed by atoms with E-state index in [9.17, 15) is 4.79 Å². The van der Waals surface area contributed by atoms with E-state index >= 15 is 0 Å². The Hall–Kier alpha value is -2.89. The molecule has 0 radical (unpaired) electrons. The summed E-state index contributed by atoms with van der Waals surface area (Å²) in [6.07, 6.45) is 1.79. The van der Waals surface area contributed by atoms with Gasteiger partial charge in [0.1, 0.15) is 0 Å². The van der Waals surface area contributed by atoms with Crippen molar-refractivity contribution >= 4 is 5.91 Å². The van der Waals surface area contributed by atoms with Gasteiger partial charge >= 0.3 is 0 Å². The van der Waals surface area contributed by atoms with Crippen LogP contribution in [0.5, 0.6) is 23.0 Å². The molecule has 0 spiro atoms. The molecule has 1 amide bonds. The number of amides is 1. The van der Waals surface area contributed by atoms with Gasteiger partial charge in [0.15, 0.2) is 23.0 Å². The van der Waals surface area contributed by atoms with Crippen LogP contribution in [0.1, 0.15) is 23.1 Å². The van der Waals surface area contributed by atoms with Crippen LogP contribution in [-0.2, 0) is 17.6 Å². The number of benzene rings is 2. The molecule has 2 rings (SSSR count). The maximum absolute atomic E-state index is 12.2. The molecule has 0 unspecified atom stereocenters. The van der Waals surface area contributed by atoms with Gasteiger partial charge in [-0.3, -0.25) is 4.79 Å². The van der Waals surface area contributed by atoms with Gasteiger partial charge in [0.2, 0.25) is 5.91 Å². The van der Waals surface area contributed by atoms with Crippen LogP contribution < -0.4 is 24.3 Å². The molecular formula is C22H29NO5. The Morgan fingerprint density at radius 2 is 1.43 bits per heavy atom. The van der Waals surface area contributed by atoms with Crippen molar-refractivity contribution in [2.75, 3.05) is 35.0 Å². The first-order valence-corrected chi connectivity index (χ1v) is 9.21. The normalized spacial score (nSPS) is 10.3. The Morgan fingerprint density at radius 1 is 0.821 bits per heavy atom. The third-order valence-corrected chi connectivity index (χ3v) is 4.65. The number of hydrogen-bond acceptors (Lipinski definition) is 5. The highest BCUT2D eigenvalue weighted by Gasteiger charge is 2.10. The molecule has 1 N–H and O–H groups in total. The summed E-state index contributed by atoms with van der Waals surface area (Å²) in [6.45, 7) is 2.59. The minimum Gasteiger partial charge on any atom is -0.493 e. The van der Waals surface area contributed by atoms with Crippen LogP contribution in [0.4, 0.5) is 0 Å². The standard InChI is InChI=1S/C22H29NO5/c1-15-12-19(26-3)21(28-5)14-17(15)10-11-23-22(24)9-7-16-6-8-18(25-2)20(13-16)27-4/h6,8,12-14H,7,9-11H2,1-5H3,(H,23,24). The predicted octanol–water partition coefficient (Wildman–Crippen LogP) is 3.32. The second-order valence-corrected chi connectivity index (χ2v) is 6.42. The van der Waals surface area contributed by atoms with E-state index in [1.54, 1.807) is 28.4 Å². The molecule has 0 saturated heterocycles. The summed E-state index contributed by atoms with van der Waals surface area (Å²) < 4.78 is 21.2. The Balaban J connectivity index is 1.85. The van der Waals surface area contributed by atoms with Gasteiger partial charge in [0, 0.05) is 13.0 Å². The number of nitrogens with one attached hydrogen (secondary N) is 1. The van der Waals surface area contributed by atoms with Crippen LogP contribution in [0, 0.1) is 6.92 Å². The van der Waals surface area contributed by atoms with Gasteiger partial charge in [0.25, 0.3) is 0 Å². The highest BCUT2D eigenvalue weighted by molar-refractivity contribution is 5.76. The van der Waals surface area contributed by atoms with Crippen molar-refractivity contribution < 1.29 is 23.7 Å². The number of ether oxygens (including phenoxy) is 4. The van der Waals surface area contributed by atoms with E-state index in [1.165, 1.54) is 0 Å². The van der Waals surface area contributed by atoms with Gasteiger partial charge in [-0.15, -0.1) is 0 Å². The lowest BCUT2D eigenvalue weighted by molar-refractivity contribution is -0.121. The number of rotatable bonds is 10. The monoisotopic (exact) mass is 387 g/mol. The maximum Gasteiger partial charge on any atom is 0.220 e.